The number of carboxylic acid groups (broad SMARTS) is 1. The highest BCUT2D eigenvalue weighted by atomic mass is 16.7. The minimum absolute atomic E-state index is 0.0803. The molecule has 0 aliphatic carbocycles. The Labute approximate surface area is 117 Å². The number of hydrogen-bond acceptors (Lipinski definition) is 5. The van der Waals surface area contributed by atoms with Crippen LogP contribution in [-0.4, -0.2) is 48.9 Å². The monoisotopic (exact) mass is 282 g/mol. The SMILES string of the molecule is C=CCOC(COc1cccc(C(=O)O)c1)OCCO. The molecular weight excluding hydrogens is 264 g/mol. The van der Waals surface area contributed by atoms with Crippen molar-refractivity contribution < 1.29 is 29.2 Å². The van der Waals surface area contributed by atoms with Crippen LogP contribution in [0.3, 0.4) is 0 Å². The van der Waals surface area contributed by atoms with Gasteiger partial charge >= 0.3 is 5.97 Å². The lowest BCUT2D eigenvalue weighted by Gasteiger charge is -2.18. The number of aromatic carboxylic acids is 1. The largest absolute Gasteiger partial charge is 0.488 e. The zero-order valence-electron chi connectivity index (χ0n) is 11.0. The highest BCUT2D eigenvalue weighted by molar-refractivity contribution is 5.87. The van der Waals surface area contributed by atoms with Crippen LogP contribution in [0, 0.1) is 0 Å². The molecule has 0 aromatic heterocycles. The number of carboxylic acids is 1. The molecule has 0 fully saturated rings. The van der Waals surface area contributed by atoms with E-state index in [1.807, 2.05) is 0 Å². The topological polar surface area (TPSA) is 85.2 Å². The zero-order valence-corrected chi connectivity index (χ0v) is 11.0. The van der Waals surface area contributed by atoms with Crippen molar-refractivity contribution in [2.24, 2.45) is 0 Å². The van der Waals surface area contributed by atoms with Crippen LogP contribution in [0.15, 0.2) is 36.9 Å². The summed E-state index contributed by atoms with van der Waals surface area (Å²) >= 11 is 0. The first kappa shape index (κ1) is 16.2. The number of hydrogen-bond donors (Lipinski definition) is 2. The molecule has 20 heavy (non-hydrogen) atoms. The van der Waals surface area contributed by atoms with Crippen LogP contribution < -0.4 is 4.74 Å². The number of rotatable bonds is 10. The average molecular weight is 282 g/mol. The van der Waals surface area contributed by atoms with Gasteiger partial charge in [0.25, 0.3) is 0 Å². The molecule has 0 amide bonds. The molecular formula is C14H18O6. The fourth-order valence-corrected chi connectivity index (χ4v) is 1.39. The Kier molecular flexibility index (Phi) is 7.34. The molecule has 2 N–H and O–H groups in total. The van der Waals surface area contributed by atoms with Gasteiger partial charge in [-0.3, -0.25) is 0 Å². The predicted molar refractivity (Wildman–Crippen MR) is 71.9 cm³/mol. The van der Waals surface area contributed by atoms with Crippen LogP contribution in [0.1, 0.15) is 10.4 Å². The Bertz CT molecular complexity index is 431. The number of benzene rings is 1. The number of carbonyl (C=O) groups is 1. The van der Waals surface area contributed by atoms with Crippen molar-refractivity contribution in [3.05, 3.63) is 42.5 Å². The molecule has 0 saturated heterocycles. The Balaban J connectivity index is 2.54. The van der Waals surface area contributed by atoms with Crippen molar-refractivity contribution in [3.8, 4) is 5.75 Å². The van der Waals surface area contributed by atoms with Gasteiger partial charge in [0, 0.05) is 0 Å². The second kappa shape index (κ2) is 9.08. The fourth-order valence-electron chi connectivity index (χ4n) is 1.39. The van der Waals surface area contributed by atoms with Crippen molar-refractivity contribution in [3.63, 3.8) is 0 Å². The first-order chi connectivity index (χ1) is 9.67. The van der Waals surface area contributed by atoms with E-state index >= 15 is 0 Å². The molecule has 0 radical (unpaired) electrons. The third kappa shape index (κ3) is 5.83. The van der Waals surface area contributed by atoms with Crippen LogP contribution in [0.4, 0.5) is 0 Å². The summed E-state index contributed by atoms with van der Waals surface area (Å²) in [7, 11) is 0. The van der Waals surface area contributed by atoms with Gasteiger partial charge < -0.3 is 24.4 Å². The van der Waals surface area contributed by atoms with Gasteiger partial charge in [-0.25, -0.2) is 4.79 Å². The van der Waals surface area contributed by atoms with Crippen LogP contribution in [0.25, 0.3) is 0 Å². The molecule has 0 bridgehead atoms. The maximum atomic E-state index is 10.8. The van der Waals surface area contributed by atoms with Crippen molar-refractivity contribution in [2.45, 2.75) is 6.29 Å². The highest BCUT2D eigenvalue weighted by Gasteiger charge is 2.11. The van der Waals surface area contributed by atoms with Gasteiger partial charge in [0.2, 0.25) is 0 Å². The molecule has 0 aliphatic rings. The van der Waals surface area contributed by atoms with Gasteiger partial charge in [-0.1, -0.05) is 12.1 Å². The third-order valence-corrected chi connectivity index (χ3v) is 2.26. The molecule has 1 atom stereocenters. The summed E-state index contributed by atoms with van der Waals surface area (Å²) in [4.78, 5) is 10.8. The minimum Gasteiger partial charge on any atom is -0.488 e. The van der Waals surface area contributed by atoms with Gasteiger partial charge in [0.15, 0.2) is 6.29 Å². The summed E-state index contributed by atoms with van der Waals surface area (Å²) in [6.45, 7) is 3.90. The maximum Gasteiger partial charge on any atom is 0.335 e. The smallest absolute Gasteiger partial charge is 0.335 e. The summed E-state index contributed by atoms with van der Waals surface area (Å²) in [5.74, 6) is -0.615. The molecule has 0 aliphatic heterocycles. The van der Waals surface area contributed by atoms with Gasteiger partial charge in [-0.2, -0.15) is 0 Å². The molecule has 0 heterocycles. The molecule has 1 unspecified atom stereocenters. The first-order valence-electron chi connectivity index (χ1n) is 6.08. The van der Waals surface area contributed by atoms with E-state index in [1.54, 1.807) is 18.2 Å². The molecule has 6 nitrogen and oxygen atoms in total. The Morgan fingerprint density at radius 1 is 1.40 bits per heavy atom. The van der Waals surface area contributed by atoms with E-state index in [0.717, 1.165) is 0 Å². The van der Waals surface area contributed by atoms with Crippen molar-refractivity contribution in [2.75, 3.05) is 26.4 Å². The second-order valence-electron chi connectivity index (χ2n) is 3.79. The van der Waals surface area contributed by atoms with Gasteiger partial charge in [0.05, 0.1) is 25.4 Å². The normalized spacial score (nSPS) is 11.8. The maximum absolute atomic E-state index is 10.8. The second-order valence-corrected chi connectivity index (χ2v) is 3.79. The molecule has 0 spiro atoms. The molecule has 0 saturated carbocycles. The molecule has 6 heteroatoms. The molecule has 1 rings (SSSR count). The summed E-state index contributed by atoms with van der Waals surface area (Å²) < 4.78 is 16.0. The van der Waals surface area contributed by atoms with E-state index in [1.165, 1.54) is 12.1 Å². The third-order valence-electron chi connectivity index (χ3n) is 2.26. The van der Waals surface area contributed by atoms with E-state index in [-0.39, 0.29) is 32.0 Å². The average Bonchev–Trinajstić information content (AvgIpc) is 2.46. The van der Waals surface area contributed by atoms with E-state index in [2.05, 4.69) is 6.58 Å². The van der Waals surface area contributed by atoms with Gasteiger partial charge in [-0.05, 0) is 18.2 Å². The number of ether oxygens (including phenoxy) is 3. The quantitative estimate of drug-likeness (QED) is 0.497. The van der Waals surface area contributed by atoms with E-state index in [4.69, 9.17) is 24.4 Å². The standard InChI is InChI=1S/C14H18O6/c1-2-7-18-13(19-8-6-15)10-20-12-5-3-4-11(9-12)14(16)17/h2-5,9,13,15H,1,6-8,10H2,(H,16,17). The predicted octanol–water partition coefficient (Wildman–Crippen LogP) is 1.30. The van der Waals surface area contributed by atoms with Crippen molar-refractivity contribution in [1.29, 1.82) is 0 Å². The molecule has 1 aromatic carbocycles. The lowest BCUT2D eigenvalue weighted by atomic mass is 10.2. The van der Waals surface area contributed by atoms with E-state index in [0.29, 0.717) is 5.75 Å². The lowest BCUT2D eigenvalue weighted by molar-refractivity contribution is -0.156. The minimum atomic E-state index is -1.02. The number of aliphatic hydroxyl groups is 1. The van der Waals surface area contributed by atoms with Crippen LogP contribution in [-0.2, 0) is 9.47 Å². The first-order valence-corrected chi connectivity index (χ1v) is 6.08. The van der Waals surface area contributed by atoms with Gasteiger partial charge in [-0.15, -0.1) is 6.58 Å². The van der Waals surface area contributed by atoms with Crippen LogP contribution in [0.2, 0.25) is 0 Å². The van der Waals surface area contributed by atoms with E-state index < -0.39 is 12.3 Å². The fraction of sp³-hybridized carbons (Fsp3) is 0.357. The summed E-state index contributed by atoms with van der Waals surface area (Å²) in [6.07, 6.45) is 0.911. The highest BCUT2D eigenvalue weighted by Crippen LogP contribution is 2.14. The van der Waals surface area contributed by atoms with Crippen molar-refractivity contribution in [1.82, 2.24) is 0 Å². The Morgan fingerprint density at radius 3 is 2.85 bits per heavy atom. The number of aliphatic hydroxyl groups excluding tert-OH is 1. The van der Waals surface area contributed by atoms with Crippen LogP contribution in [0.5, 0.6) is 5.75 Å². The summed E-state index contributed by atoms with van der Waals surface area (Å²) in [6, 6.07) is 6.12. The van der Waals surface area contributed by atoms with Gasteiger partial charge in [0.1, 0.15) is 12.4 Å². The van der Waals surface area contributed by atoms with Crippen molar-refractivity contribution >= 4 is 5.97 Å². The summed E-state index contributed by atoms with van der Waals surface area (Å²) in [5, 5.41) is 17.6. The lowest BCUT2D eigenvalue weighted by Crippen LogP contribution is -2.26. The molecule has 110 valence electrons. The Hall–Kier alpha value is -1.89. The Morgan fingerprint density at radius 2 is 2.20 bits per heavy atom. The van der Waals surface area contributed by atoms with Crippen LogP contribution >= 0.6 is 0 Å². The summed E-state index contributed by atoms with van der Waals surface area (Å²) in [5.41, 5.74) is 0.141. The van der Waals surface area contributed by atoms with E-state index in [9.17, 15) is 4.79 Å². The molecule has 1 aromatic rings. The zero-order chi connectivity index (χ0) is 14.8.